The number of ketones is 1. The number of aryl methyl sites for hydroxylation is 1. The lowest BCUT2D eigenvalue weighted by Crippen LogP contribution is -2.07. The first-order valence-corrected chi connectivity index (χ1v) is 9.31. The fourth-order valence-electron chi connectivity index (χ4n) is 2.71. The molecule has 0 saturated heterocycles. The molecule has 0 spiro atoms. The van der Waals surface area contributed by atoms with E-state index in [1.165, 1.54) is 5.56 Å². The van der Waals surface area contributed by atoms with E-state index in [0.29, 0.717) is 26.1 Å². The molecule has 144 valence electrons. The molecule has 0 aliphatic heterocycles. The molecular formula is C22H27NO4. The summed E-state index contributed by atoms with van der Waals surface area (Å²) in [5.41, 5.74) is 3.39. The second kappa shape index (κ2) is 11.9. The number of ether oxygens (including phenoxy) is 1. The van der Waals surface area contributed by atoms with Crippen molar-refractivity contribution in [2.45, 2.75) is 38.7 Å². The highest BCUT2D eigenvalue weighted by atomic mass is 16.5. The molecule has 0 aliphatic carbocycles. The number of rotatable bonds is 13. The Bertz CT molecular complexity index is 698. The fourth-order valence-corrected chi connectivity index (χ4v) is 2.71. The average molecular weight is 369 g/mol. The lowest BCUT2D eigenvalue weighted by Gasteiger charge is -2.08. The lowest BCUT2D eigenvalue weighted by molar-refractivity contribution is -0.140. The zero-order valence-electron chi connectivity index (χ0n) is 15.5. The number of carbonyl (C=O) groups excluding carboxylic acids is 1. The van der Waals surface area contributed by atoms with Crippen molar-refractivity contribution in [1.82, 2.24) is 0 Å². The van der Waals surface area contributed by atoms with Crippen LogP contribution in [0.2, 0.25) is 0 Å². The van der Waals surface area contributed by atoms with Gasteiger partial charge < -0.3 is 15.2 Å². The number of benzene rings is 2. The summed E-state index contributed by atoms with van der Waals surface area (Å²) in [5.74, 6) is -1.27. The number of carboxylic acid groups (broad SMARTS) is 1. The third kappa shape index (κ3) is 9.01. The van der Waals surface area contributed by atoms with Gasteiger partial charge >= 0.3 is 5.97 Å². The molecule has 0 radical (unpaired) electrons. The summed E-state index contributed by atoms with van der Waals surface area (Å²) in [5, 5.41) is 11.9. The van der Waals surface area contributed by atoms with Crippen LogP contribution in [0.25, 0.3) is 0 Å². The van der Waals surface area contributed by atoms with E-state index < -0.39 is 5.97 Å². The van der Waals surface area contributed by atoms with E-state index in [0.717, 1.165) is 30.6 Å². The topological polar surface area (TPSA) is 75.6 Å². The van der Waals surface area contributed by atoms with Crippen LogP contribution in [0.15, 0.2) is 54.6 Å². The van der Waals surface area contributed by atoms with Gasteiger partial charge in [-0.3, -0.25) is 9.59 Å². The number of aliphatic carboxylic acids is 1. The normalized spacial score (nSPS) is 10.5. The van der Waals surface area contributed by atoms with Crippen molar-refractivity contribution in [2.75, 3.05) is 18.5 Å². The largest absolute Gasteiger partial charge is 0.481 e. The third-order valence-electron chi connectivity index (χ3n) is 4.13. The summed E-state index contributed by atoms with van der Waals surface area (Å²) in [6.07, 6.45) is 2.32. The van der Waals surface area contributed by atoms with E-state index in [1.807, 2.05) is 42.5 Å². The van der Waals surface area contributed by atoms with Gasteiger partial charge in [0.25, 0.3) is 0 Å². The Morgan fingerprint density at radius 1 is 0.926 bits per heavy atom. The Kier molecular flexibility index (Phi) is 9.07. The minimum Gasteiger partial charge on any atom is -0.481 e. The highest BCUT2D eigenvalue weighted by Crippen LogP contribution is 2.12. The molecule has 27 heavy (non-hydrogen) atoms. The zero-order valence-corrected chi connectivity index (χ0v) is 15.5. The molecule has 2 aromatic rings. The van der Waals surface area contributed by atoms with Gasteiger partial charge in [-0.15, -0.1) is 0 Å². The van der Waals surface area contributed by atoms with Crippen molar-refractivity contribution >= 4 is 17.4 Å². The van der Waals surface area contributed by atoms with Crippen LogP contribution in [0.5, 0.6) is 0 Å². The first-order chi connectivity index (χ1) is 13.1. The van der Waals surface area contributed by atoms with Crippen molar-refractivity contribution in [3.05, 3.63) is 65.7 Å². The van der Waals surface area contributed by atoms with Crippen molar-refractivity contribution in [1.29, 1.82) is 0 Å². The highest BCUT2D eigenvalue weighted by Gasteiger charge is 2.07. The monoisotopic (exact) mass is 369 g/mol. The molecule has 5 heteroatoms. The maximum atomic E-state index is 11.4. The number of Topliss-reactive ketones (excluding diaryl/α,β-unsaturated/α-hetero) is 1. The van der Waals surface area contributed by atoms with Gasteiger partial charge in [-0.05, 0) is 42.5 Å². The molecule has 0 atom stereocenters. The van der Waals surface area contributed by atoms with Crippen LogP contribution >= 0.6 is 0 Å². The van der Waals surface area contributed by atoms with E-state index in [1.54, 1.807) is 0 Å². The fraction of sp³-hybridized carbons (Fsp3) is 0.364. The van der Waals surface area contributed by atoms with Crippen LogP contribution in [0.4, 0.5) is 5.69 Å². The average Bonchev–Trinajstić information content (AvgIpc) is 2.66. The Morgan fingerprint density at radius 3 is 2.37 bits per heavy atom. The van der Waals surface area contributed by atoms with Crippen LogP contribution in [0, 0.1) is 0 Å². The minimum atomic E-state index is -1.05. The first-order valence-electron chi connectivity index (χ1n) is 9.31. The predicted octanol–water partition coefficient (Wildman–Crippen LogP) is 4.07. The lowest BCUT2D eigenvalue weighted by atomic mass is 10.1. The number of hydrogen-bond acceptors (Lipinski definition) is 4. The van der Waals surface area contributed by atoms with E-state index in [2.05, 4.69) is 17.4 Å². The van der Waals surface area contributed by atoms with Gasteiger partial charge in [0.05, 0.1) is 6.61 Å². The summed E-state index contributed by atoms with van der Waals surface area (Å²) in [6.45, 7) is 2.20. The second-order valence-electron chi connectivity index (χ2n) is 6.48. The Hall–Kier alpha value is -2.66. The first kappa shape index (κ1) is 20.6. The molecule has 0 unspecified atom stereocenters. The van der Waals surface area contributed by atoms with Crippen molar-refractivity contribution in [3.63, 3.8) is 0 Å². The molecule has 2 aromatic carbocycles. The van der Waals surface area contributed by atoms with Gasteiger partial charge in [0, 0.05) is 25.3 Å². The van der Waals surface area contributed by atoms with Gasteiger partial charge in [-0.25, -0.2) is 0 Å². The summed E-state index contributed by atoms with van der Waals surface area (Å²) in [6, 6.07) is 18.3. The number of anilines is 1. The molecule has 0 saturated carbocycles. The number of hydrogen-bond donors (Lipinski definition) is 2. The summed E-state index contributed by atoms with van der Waals surface area (Å²) in [4.78, 5) is 21.8. The van der Waals surface area contributed by atoms with Crippen LogP contribution in [-0.2, 0) is 27.4 Å². The maximum Gasteiger partial charge on any atom is 0.310 e. The van der Waals surface area contributed by atoms with Crippen LogP contribution < -0.4 is 5.32 Å². The van der Waals surface area contributed by atoms with Crippen molar-refractivity contribution in [3.8, 4) is 0 Å². The molecule has 2 N–H and O–H groups in total. The molecule has 0 heterocycles. The second-order valence-corrected chi connectivity index (χ2v) is 6.48. The quantitative estimate of drug-likeness (QED) is 0.411. The van der Waals surface area contributed by atoms with Gasteiger partial charge in [0.15, 0.2) is 0 Å². The minimum absolute atomic E-state index is 0.213. The van der Waals surface area contributed by atoms with Gasteiger partial charge in [-0.2, -0.15) is 0 Å². The van der Waals surface area contributed by atoms with Crippen molar-refractivity contribution < 1.29 is 19.4 Å². The van der Waals surface area contributed by atoms with Gasteiger partial charge in [0.2, 0.25) is 0 Å². The third-order valence-corrected chi connectivity index (χ3v) is 4.13. The molecule has 2 rings (SSSR count). The van der Waals surface area contributed by atoms with E-state index in [9.17, 15) is 9.59 Å². The summed E-state index contributed by atoms with van der Waals surface area (Å²) < 4.78 is 5.66. The smallest absolute Gasteiger partial charge is 0.310 e. The molecule has 5 nitrogen and oxygen atoms in total. The Balaban J connectivity index is 1.56. The van der Waals surface area contributed by atoms with Crippen LogP contribution in [0.1, 0.15) is 36.8 Å². The molecule has 0 amide bonds. The van der Waals surface area contributed by atoms with Crippen LogP contribution in [0.3, 0.4) is 0 Å². The summed E-state index contributed by atoms with van der Waals surface area (Å²) in [7, 11) is 0. The molecular weight excluding hydrogens is 342 g/mol. The van der Waals surface area contributed by atoms with E-state index in [-0.39, 0.29) is 12.2 Å². The number of nitrogens with one attached hydrogen (secondary N) is 1. The highest BCUT2D eigenvalue weighted by molar-refractivity contribution is 5.94. The number of carboxylic acids is 1. The zero-order chi connectivity index (χ0) is 19.3. The predicted molar refractivity (Wildman–Crippen MR) is 106 cm³/mol. The Morgan fingerprint density at radius 2 is 1.67 bits per heavy atom. The number of carbonyl (C=O) groups is 2. The molecule has 0 fully saturated rings. The molecule has 0 bridgehead atoms. The summed E-state index contributed by atoms with van der Waals surface area (Å²) >= 11 is 0. The molecule has 0 aliphatic rings. The van der Waals surface area contributed by atoms with Gasteiger partial charge in [0.1, 0.15) is 12.2 Å². The maximum absolute atomic E-state index is 11.4. The Labute approximate surface area is 160 Å². The van der Waals surface area contributed by atoms with Crippen molar-refractivity contribution in [2.24, 2.45) is 0 Å². The molecule has 0 aromatic heterocycles. The SMILES string of the molecule is O=C(O)CC(=O)CCCc1ccc(NCCCOCc2ccccc2)cc1. The van der Waals surface area contributed by atoms with E-state index in [4.69, 9.17) is 9.84 Å². The van der Waals surface area contributed by atoms with Crippen LogP contribution in [-0.4, -0.2) is 30.0 Å². The van der Waals surface area contributed by atoms with Gasteiger partial charge in [-0.1, -0.05) is 42.5 Å². The standard InChI is InChI=1S/C22H27NO4/c24-21(16-22(25)26)9-4-8-18-10-12-20(13-11-18)23-14-5-15-27-17-19-6-2-1-3-7-19/h1-3,6-7,10-13,23H,4-5,8-9,14-17H2,(H,25,26). The van der Waals surface area contributed by atoms with E-state index >= 15 is 0 Å².